The molecule has 2 N–H and O–H groups in total. The second-order valence-electron chi connectivity index (χ2n) is 5.00. The maximum Gasteiger partial charge on any atom is 0.124 e. The number of anilines is 1. The first kappa shape index (κ1) is 10.5. The van der Waals surface area contributed by atoms with Gasteiger partial charge in [0.2, 0.25) is 0 Å². The first-order chi connectivity index (χ1) is 7.03. The average Bonchev–Trinajstić information content (AvgIpc) is 2.93. The van der Waals surface area contributed by atoms with E-state index in [0.29, 0.717) is 11.3 Å². The van der Waals surface area contributed by atoms with E-state index in [4.69, 9.17) is 5.73 Å². The summed E-state index contributed by atoms with van der Waals surface area (Å²) in [6.45, 7) is 6.74. The fourth-order valence-corrected chi connectivity index (χ4v) is 2.55. The number of rotatable bonds is 3. The second kappa shape index (κ2) is 3.26. The largest absolute Gasteiger partial charge is 0.384 e. The highest BCUT2D eigenvalue weighted by Gasteiger charge is 2.50. The summed E-state index contributed by atoms with van der Waals surface area (Å²) in [6, 6.07) is 0. The van der Waals surface area contributed by atoms with Gasteiger partial charge in [0.15, 0.2) is 0 Å². The van der Waals surface area contributed by atoms with Crippen LogP contribution in [-0.2, 0) is 18.9 Å². The van der Waals surface area contributed by atoms with E-state index >= 15 is 0 Å². The van der Waals surface area contributed by atoms with Gasteiger partial charge in [0.1, 0.15) is 5.82 Å². The summed E-state index contributed by atoms with van der Waals surface area (Å²) < 4.78 is 1.83. The number of nitrogen functional groups attached to an aromatic ring is 1. The molecule has 0 bridgehead atoms. The lowest BCUT2D eigenvalue weighted by Gasteiger charge is -2.18. The van der Waals surface area contributed by atoms with Gasteiger partial charge in [0.25, 0.3) is 0 Å². The molecule has 15 heavy (non-hydrogen) atoms. The third-order valence-corrected chi connectivity index (χ3v) is 3.91. The predicted octanol–water partition coefficient (Wildman–Crippen LogP) is 2.25. The quantitative estimate of drug-likeness (QED) is 0.826. The van der Waals surface area contributed by atoms with Crippen LogP contribution in [0.2, 0.25) is 0 Å². The lowest BCUT2D eigenvalue weighted by Crippen LogP contribution is -2.17. The number of hydrogen-bond donors (Lipinski definition) is 1. The Morgan fingerprint density at radius 1 is 1.47 bits per heavy atom. The summed E-state index contributed by atoms with van der Waals surface area (Å²) in [5.41, 5.74) is 8.90. The molecule has 0 spiro atoms. The second-order valence-corrected chi connectivity index (χ2v) is 5.00. The molecule has 1 aliphatic rings. The molecule has 1 aromatic rings. The van der Waals surface area contributed by atoms with Crippen LogP contribution in [0.1, 0.15) is 44.9 Å². The zero-order valence-electron chi connectivity index (χ0n) is 10.2. The van der Waals surface area contributed by atoms with Gasteiger partial charge >= 0.3 is 0 Å². The number of nitrogens with two attached hydrogens (primary N) is 1. The summed E-state index contributed by atoms with van der Waals surface area (Å²) in [5.74, 6) is 1.51. The normalized spacial score (nSPS) is 18.5. The van der Waals surface area contributed by atoms with Crippen LogP contribution in [-0.4, -0.2) is 9.78 Å². The monoisotopic (exact) mass is 207 g/mol. The van der Waals surface area contributed by atoms with Crippen molar-refractivity contribution in [1.29, 1.82) is 0 Å². The van der Waals surface area contributed by atoms with E-state index in [9.17, 15) is 0 Å². The zero-order chi connectivity index (χ0) is 11.2. The number of nitrogens with zero attached hydrogens (tertiary/aromatic N) is 2. The predicted molar refractivity (Wildman–Crippen MR) is 62.7 cm³/mol. The highest BCUT2D eigenvalue weighted by atomic mass is 15.3. The first-order valence-electron chi connectivity index (χ1n) is 5.84. The molecular weight excluding hydrogens is 186 g/mol. The molecule has 0 radical (unpaired) electrons. The third-order valence-electron chi connectivity index (χ3n) is 3.91. The molecule has 1 fully saturated rings. The molecule has 0 aliphatic heterocycles. The van der Waals surface area contributed by atoms with Crippen LogP contribution in [0.4, 0.5) is 5.82 Å². The molecule has 0 amide bonds. The van der Waals surface area contributed by atoms with Crippen molar-refractivity contribution < 1.29 is 0 Å². The molecular formula is C12H21N3. The summed E-state index contributed by atoms with van der Waals surface area (Å²) >= 11 is 0. The van der Waals surface area contributed by atoms with Gasteiger partial charge in [-0.2, -0.15) is 5.10 Å². The Bertz CT molecular complexity index is 372. The number of aryl methyl sites for hydroxylation is 1. The number of hydrogen-bond acceptors (Lipinski definition) is 2. The molecule has 2 rings (SSSR count). The van der Waals surface area contributed by atoms with Crippen LogP contribution in [0.3, 0.4) is 0 Å². The van der Waals surface area contributed by atoms with Gasteiger partial charge in [-0.1, -0.05) is 20.8 Å². The molecule has 3 nitrogen and oxygen atoms in total. The van der Waals surface area contributed by atoms with Gasteiger partial charge in [-0.15, -0.1) is 0 Å². The minimum atomic E-state index is 0.334. The van der Waals surface area contributed by atoms with Crippen molar-refractivity contribution in [2.45, 2.75) is 45.4 Å². The Morgan fingerprint density at radius 2 is 2.07 bits per heavy atom. The van der Waals surface area contributed by atoms with Crippen molar-refractivity contribution in [1.82, 2.24) is 9.78 Å². The van der Waals surface area contributed by atoms with Crippen molar-refractivity contribution in [3.05, 3.63) is 11.3 Å². The van der Waals surface area contributed by atoms with Crippen LogP contribution >= 0.6 is 0 Å². The molecule has 1 aromatic heterocycles. The standard InChI is InChI=1S/C12H21N3/c1-5-9-10(14-15(4)11(9)13)12(6-7-12)8(2)3/h8H,5-7,13H2,1-4H3. The summed E-state index contributed by atoms with van der Waals surface area (Å²) in [4.78, 5) is 0. The van der Waals surface area contributed by atoms with Crippen LogP contribution in [0.5, 0.6) is 0 Å². The third kappa shape index (κ3) is 1.36. The molecule has 1 aliphatic carbocycles. The van der Waals surface area contributed by atoms with E-state index in [1.807, 2.05) is 11.7 Å². The van der Waals surface area contributed by atoms with E-state index in [1.165, 1.54) is 24.1 Å². The molecule has 84 valence electrons. The molecule has 0 aromatic carbocycles. The van der Waals surface area contributed by atoms with Crippen LogP contribution in [0, 0.1) is 5.92 Å². The molecule has 1 saturated carbocycles. The van der Waals surface area contributed by atoms with Crippen molar-refractivity contribution in [2.24, 2.45) is 13.0 Å². The van der Waals surface area contributed by atoms with E-state index in [0.717, 1.165) is 12.2 Å². The lowest BCUT2D eigenvalue weighted by atomic mass is 9.86. The Kier molecular flexibility index (Phi) is 2.28. The molecule has 3 heteroatoms. The highest BCUT2D eigenvalue weighted by molar-refractivity contribution is 5.48. The average molecular weight is 207 g/mol. The van der Waals surface area contributed by atoms with E-state index in [1.54, 1.807) is 0 Å². The molecule has 1 heterocycles. The Hall–Kier alpha value is -0.990. The topological polar surface area (TPSA) is 43.8 Å². The Morgan fingerprint density at radius 3 is 2.47 bits per heavy atom. The fraction of sp³-hybridized carbons (Fsp3) is 0.750. The van der Waals surface area contributed by atoms with Crippen molar-refractivity contribution in [3.8, 4) is 0 Å². The summed E-state index contributed by atoms with van der Waals surface area (Å²) in [5, 5.41) is 4.63. The Labute approximate surface area is 91.7 Å². The zero-order valence-corrected chi connectivity index (χ0v) is 10.2. The van der Waals surface area contributed by atoms with Crippen molar-refractivity contribution >= 4 is 5.82 Å². The van der Waals surface area contributed by atoms with Crippen LogP contribution < -0.4 is 5.73 Å². The SMILES string of the molecule is CCc1c(C2(C(C)C)CC2)nn(C)c1N. The maximum atomic E-state index is 6.04. The maximum absolute atomic E-state index is 6.04. The molecule has 0 atom stereocenters. The van der Waals surface area contributed by atoms with Crippen molar-refractivity contribution in [2.75, 3.05) is 5.73 Å². The minimum absolute atomic E-state index is 0.334. The van der Waals surface area contributed by atoms with Crippen molar-refractivity contribution in [3.63, 3.8) is 0 Å². The Balaban J connectivity index is 2.49. The van der Waals surface area contributed by atoms with E-state index in [-0.39, 0.29) is 0 Å². The fourth-order valence-electron chi connectivity index (χ4n) is 2.55. The first-order valence-corrected chi connectivity index (χ1v) is 5.84. The van der Waals surface area contributed by atoms with Gasteiger partial charge in [-0.25, -0.2) is 0 Å². The van der Waals surface area contributed by atoms with E-state index in [2.05, 4.69) is 25.9 Å². The minimum Gasteiger partial charge on any atom is -0.384 e. The smallest absolute Gasteiger partial charge is 0.124 e. The van der Waals surface area contributed by atoms with Gasteiger partial charge in [-0.3, -0.25) is 4.68 Å². The molecule has 0 saturated heterocycles. The van der Waals surface area contributed by atoms with Crippen LogP contribution in [0.25, 0.3) is 0 Å². The van der Waals surface area contributed by atoms with Gasteiger partial charge < -0.3 is 5.73 Å². The van der Waals surface area contributed by atoms with Gasteiger partial charge in [0.05, 0.1) is 5.69 Å². The van der Waals surface area contributed by atoms with Crippen LogP contribution in [0.15, 0.2) is 0 Å². The summed E-state index contributed by atoms with van der Waals surface area (Å²) in [6.07, 6.45) is 3.53. The van der Waals surface area contributed by atoms with Gasteiger partial charge in [-0.05, 0) is 25.2 Å². The lowest BCUT2D eigenvalue weighted by molar-refractivity contribution is 0.461. The van der Waals surface area contributed by atoms with E-state index < -0.39 is 0 Å². The highest BCUT2D eigenvalue weighted by Crippen LogP contribution is 2.54. The summed E-state index contributed by atoms with van der Waals surface area (Å²) in [7, 11) is 1.94. The number of aromatic nitrogens is 2. The van der Waals surface area contributed by atoms with Gasteiger partial charge in [0, 0.05) is 18.0 Å². The molecule has 0 unspecified atom stereocenters.